The highest BCUT2D eigenvalue weighted by molar-refractivity contribution is 6.31. The fourth-order valence-corrected chi connectivity index (χ4v) is 5.90. The van der Waals surface area contributed by atoms with E-state index < -0.39 is 17.4 Å². The Morgan fingerprint density at radius 1 is 1.12 bits per heavy atom. The number of amides is 3. The van der Waals surface area contributed by atoms with Gasteiger partial charge in [0.05, 0.1) is 24.9 Å². The molecule has 3 N–H and O–H groups in total. The van der Waals surface area contributed by atoms with Crippen LogP contribution in [0.1, 0.15) is 47.7 Å². The van der Waals surface area contributed by atoms with Crippen LogP contribution in [0.2, 0.25) is 5.02 Å². The first-order chi connectivity index (χ1) is 20.2. The number of hydrogen-bond acceptors (Lipinski definition) is 5. The molecule has 0 spiro atoms. The number of benzene rings is 3. The normalized spacial score (nSPS) is 20.7. The Labute approximate surface area is 250 Å². The van der Waals surface area contributed by atoms with Crippen LogP contribution in [0.3, 0.4) is 0 Å². The number of halogens is 1. The van der Waals surface area contributed by atoms with Gasteiger partial charge in [0.2, 0.25) is 5.91 Å². The van der Waals surface area contributed by atoms with Crippen LogP contribution in [-0.4, -0.2) is 52.0 Å². The Bertz CT molecular complexity index is 1490. The van der Waals surface area contributed by atoms with E-state index in [4.69, 9.17) is 11.6 Å². The average molecular weight is 588 g/mol. The molecule has 0 saturated carbocycles. The van der Waals surface area contributed by atoms with E-state index in [1.807, 2.05) is 18.2 Å². The molecule has 3 aromatic carbocycles. The molecule has 5 rings (SSSR count). The molecule has 2 aliphatic rings. The van der Waals surface area contributed by atoms with Gasteiger partial charge < -0.3 is 25.3 Å². The van der Waals surface area contributed by atoms with Crippen molar-refractivity contribution in [3.05, 3.63) is 107 Å². The summed E-state index contributed by atoms with van der Waals surface area (Å²) in [6, 6.07) is 21.0. The van der Waals surface area contributed by atoms with Gasteiger partial charge in [-0.2, -0.15) is 0 Å². The summed E-state index contributed by atoms with van der Waals surface area (Å²) in [7, 11) is 0. The first kappa shape index (κ1) is 29.5. The number of likely N-dealkylation sites (tertiary alicyclic amines) is 1. The van der Waals surface area contributed by atoms with Crippen LogP contribution in [0.25, 0.3) is 0 Å². The second kappa shape index (κ2) is 12.5. The summed E-state index contributed by atoms with van der Waals surface area (Å²) in [5.74, 6) is -1.44. The van der Waals surface area contributed by atoms with Crippen molar-refractivity contribution in [3.8, 4) is 0 Å². The summed E-state index contributed by atoms with van der Waals surface area (Å²) < 4.78 is 0. The van der Waals surface area contributed by atoms with Crippen LogP contribution in [-0.2, 0) is 21.7 Å². The molecule has 0 radical (unpaired) electrons. The molecule has 0 bridgehead atoms. The van der Waals surface area contributed by atoms with E-state index >= 15 is 0 Å². The first-order valence-electron chi connectivity index (χ1n) is 14.1. The molecule has 0 aromatic heterocycles. The molecule has 1 saturated heterocycles. The molecule has 0 aliphatic carbocycles. The number of carbonyl (C=O) groups excluding carboxylic acids is 3. The summed E-state index contributed by atoms with van der Waals surface area (Å²) in [5, 5.41) is 24.7. The van der Waals surface area contributed by atoms with E-state index in [0.29, 0.717) is 34.1 Å². The molecule has 1 fully saturated rings. The topological polar surface area (TPSA) is 110 Å². The van der Waals surface area contributed by atoms with E-state index in [9.17, 15) is 24.6 Å². The number of anilines is 2. The minimum absolute atomic E-state index is 0.0570. The predicted molar refractivity (Wildman–Crippen MR) is 162 cm³/mol. The largest absolute Gasteiger partial charge is 0.394 e. The maximum absolute atomic E-state index is 13.8. The van der Waals surface area contributed by atoms with Crippen molar-refractivity contribution in [1.82, 2.24) is 4.90 Å². The van der Waals surface area contributed by atoms with Gasteiger partial charge in [0.1, 0.15) is 0 Å². The second-order valence-corrected chi connectivity index (χ2v) is 11.3. The van der Waals surface area contributed by atoms with Crippen molar-refractivity contribution in [2.75, 3.05) is 23.4 Å². The summed E-state index contributed by atoms with van der Waals surface area (Å²) in [6.45, 7) is 2.51. The molecule has 2 heterocycles. The summed E-state index contributed by atoms with van der Waals surface area (Å²) >= 11 is 6.30. The highest BCUT2D eigenvalue weighted by Crippen LogP contribution is 2.46. The second-order valence-electron chi connectivity index (χ2n) is 10.8. The van der Waals surface area contributed by atoms with Crippen LogP contribution in [0.5, 0.6) is 0 Å². The zero-order valence-corrected chi connectivity index (χ0v) is 24.1. The smallest absolute Gasteiger partial charge is 0.264 e. The molecule has 42 heavy (non-hydrogen) atoms. The van der Waals surface area contributed by atoms with Gasteiger partial charge in [-0.25, -0.2) is 0 Å². The van der Waals surface area contributed by atoms with Gasteiger partial charge in [-0.15, -0.1) is 0 Å². The molecule has 2 aliphatic heterocycles. The van der Waals surface area contributed by atoms with E-state index in [2.05, 4.69) is 5.32 Å². The molecule has 9 heteroatoms. The quantitative estimate of drug-likeness (QED) is 0.309. The maximum atomic E-state index is 13.8. The van der Waals surface area contributed by atoms with E-state index in [-0.39, 0.29) is 37.4 Å². The number of aliphatic hydroxyl groups excluding tert-OH is 1. The average Bonchev–Trinajstić information content (AvgIpc) is 3.56. The highest BCUT2D eigenvalue weighted by atomic mass is 35.5. The number of hydrogen-bond donors (Lipinski definition) is 3. The van der Waals surface area contributed by atoms with E-state index in [1.54, 1.807) is 78.6 Å². The van der Waals surface area contributed by atoms with Gasteiger partial charge >= 0.3 is 0 Å². The number of aliphatic hydroxyl groups is 2. The van der Waals surface area contributed by atoms with E-state index in [1.165, 1.54) is 4.90 Å². The van der Waals surface area contributed by atoms with Gasteiger partial charge in [0.25, 0.3) is 11.8 Å². The van der Waals surface area contributed by atoms with Crippen molar-refractivity contribution in [3.63, 3.8) is 0 Å². The van der Waals surface area contributed by atoms with Gasteiger partial charge in [0, 0.05) is 40.7 Å². The lowest BCUT2D eigenvalue weighted by molar-refractivity contribution is -0.139. The maximum Gasteiger partial charge on any atom is 0.264 e. The number of carbonyl (C=O) groups is 3. The number of nitrogens with zero attached hydrogens (tertiary/aromatic N) is 2. The molecular weight excluding hydrogens is 554 g/mol. The first-order valence-corrected chi connectivity index (χ1v) is 14.5. The number of nitrogens with one attached hydrogen (secondary N) is 1. The van der Waals surface area contributed by atoms with Gasteiger partial charge in [-0.3, -0.25) is 14.4 Å². The lowest BCUT2D eigenvalue weighted by Gasteiger charge is -2.28. The monoisotopic (exact) mass is 587 g/mol. The van der Waals surface area contributed by atoms with Crippen LogP contribution in [0.4, 0.5) is 11.4 Å². The molecule has 8 nitrogen and oxygen atoms in total. The Morgan fingerprint density at radius 3 is 2.57 bits per heavy atom. The number of fused-ring (bicyclic) bond motifs is 1. The summed E-state index contributed by atoms with van der Waals surface area (Å²) in [5.41, 5.74) is 1.09. The van der Waals surface area contributed by atoms with Crippen molar-refractivity contribution in [1.29, 1.82) is 0 Å². The van der Waals surface area contributed by atoms with Crippen LogP contribution in [0.15, 0.2) is 84.9 Å². The van der Waals surface area contributed by atoms with Crippen molar-refractivity contribution < 1.29 is 24.6 Å². The Hall–Kier alpha value is -3.98. The summed E-state index contributed by atoms with van der Waals surface area (Å²) in [4.78, 5) is 42.3. The van der Waals surface area contributed by atoms with Crippen LogP contribution in [0, 0.1) is 5.92 Å². The SMILES string of the molecule is C[C@H](/C=C/CC(=O)N1CCC[C@H]1CO)[C@@]1(O)C(=O)N(Cc2ccc(NC(=O)c3ccccc3)cc2)c2ccc(Cl)cc21. The standard InChI is InChI=1S/C33H34ClN3O5/c1-22(7-5-11-30(39)36-18-6-10-27(36)21-38)33(42)28-19-25(34)14-17-29(28)37(32(33)41)20-23-12-15-26(16-13-23)35-31(40)24-8-3-2-4-9-24/h2-5,7-9,12-17,19,22,27,38,42H,6,10-11,18,20-21H2,1H3,(H,35,40)/b7-5+/t22-,27+,33+/m1/s1. The lowest BCUT2D eigenvalue weighted by atomic mass is 9.83. The fourth-order valence-electron chi connectivity index (χ4n) is 5.73. The zero-order valence-electron chi connectivity index (χ0n) is 23.4. The van der Waals surface area contributed by atoms with Gasteiger partial charge in [-0.1, -0.05) is 61.0 Å². The molecule has 3 amide bonds. The highest BCUT2D eigenvalue weighted by Gasteiger charge is 2.52. The third kappa shape index (κ3) is 5.83. The summed E-state index contributed by atoms with van der Waals surface area (Å²) in [6.07, 6.45) is 5.14. The van der Waals surface area contributed by atoms with Crippen LogP contribution < -0.4 is 10.2 Å². The zero-order chi connectivity index (χ0) is 29.9. The molecule has 3 aromatic rings. The van der Waals surface area contributed by atoms with Gasteiger partial charge in [0.15, 0.2) is 5.60 Å². The van der Waals surface area contributed by atoms with Gasteiger partial charge in [-0.05, 0) is 60.9 Å². The van der Waals surface area contributed by atoms with Crippen molar-refractivity contribution in [2.24, 2.45) is 5.92 Å². The van der Waals surface area contributed by atoms with E-state index in [0.717, 1.165) is 18.4 Å². The fraction of sp³-hybridized carbons (Fsp3) is 0.303. The van der Waals surface area contributed by atoms with Crippen LogP contribution >= 0.6 is 11.6 Å². The van der Waals surface area contributed by atoms with Crippen molar-refractivity contribution >= 4 is 40.7 Å². The third-order valence-corrected chi connectivity index (χ3v) is 8.34. The molecule has 0 unspecified atom stereocenters. The molecule has 218 valence electrons. The lowest BCUT2D eigenvalue weighted by Crippen LogP contribution is -2.44. The van der Waals surface area contributed by atoms with Crippen molar-refractivity contribution in [2.45, 2.75) is 44.4 Å². The molecular formula is C33H34ClN3O5. The number of rotatable bonds is 9. The third-order valence-electron chi connectivity index (χ3n) is 8.10. The Kier molecular flexibility index (Phi) is 8.77. The minimum atomic E-state index is -1.87. The minimum Gasteiger partial charge on any atom is -0.394 e. The Balaban J connectivity index is 1.30. The predicted octanol–water partition coefficient (Wildman–Crippen LogP) is 4.89. The molecule has 3 atom stereocenters. The Morgan fingerprint density at radius 2 is 1.86 bits per heavy atom.